The van der Waals surface area contributed by atoms with E-state index in [0.29, 0.717) is 37.1 Å². The summed E-state index contributed by atoms with van der Waals surface area (Å²) >= 11 is 0. The Labute approximate surface area is 353 Å². The minimum atomic E-state index is -3.90. The van der Waals surface area contributed by atoms with Crippen LogP contribution in [-0.2, 0) is 13.6 Å². The van der Waals surface area contributed by atoms with Crippen LogP contribution in [-0.4, -0.2) is 19.8 Å². The van der Waals surface area contributed by atoms with Crippen LogP contribution in [0.4, 0.5) is 0 Å². The third-order valence-electron chi connectivity index (χ3n) is 9.23. The zero-order chi connectivity index (χ0) is 41.0. The minimum absolute atomic E-state index is 0.404. The summed E-state index contributed by atoms with van der Waals surface area (Å²) in [5.74, 6) is 1.91. The molecule has 0 aliphatic carbocycles. The molecular weight excluding hydrogens is 793 g/mol. The van der Waals surface area contributed by atoms with Crippen LogP contribution in [0, 0.1) is 0 Å². The van der Waals surface area contributed by atoms with E-state index in [1.54, 1.807) is 0 Å². The van der Waals surface area contributed by atoms with Gasteiger partial charge in [0, 0.05) is 0 Å². The third kappa shape index (κ3) is 14.1. The molecule has 0 radical (unpaired) electrons. The number of benzene rings is 6. The van der Waals surface area contributed by atoms with Crippen LogP contribution in [0.15, 0.2) is 168 Å². The number of unbranched alkanes of at least 4 members (excludes halogenated alkanes) is 3. The second-order valence-corrected chi connectivity index (χ2v) is 19.3. The molecule has 0 spiro atoms. The second kappa shape index (κ2) is 24.0. The fourth-order valence-electron chi connectivity index (χ4n) is 5.90. The molecule has 0 aliphatic rings. The molecule has 6 aromatic rings. The molecule has 6 aromatic carbocycles. The predicted molar refractivity (Wildman–Crippen MR) is 249 cm³/mol. The summed E-state index contributed by atoms with van der Waals surface area (Å²) in [6, 6.07) is 55.0. The molecule has 0 heterocycles. The van der Waals surface area contributed by atoms with Crippen LogP contribution < -0.4 is 18.4 Å². The molecule has 6 rings (SSSR count). The molecule has 0 amide bonds. The molecule has 310 valence electrons. The van der Waals surface area contributed by atoms with Gasteiger partial charge < -0.3 is 0 Å². The molecule has 8 nitrogen and oxygen atoms in total. The number of hydrogen-bond donors (Lipinski definition) is 1. The van der Waals surface area contributed by atoms with Gasteiger partial charge in [0.1, 0.15) is 0 Å². The van der Waals surface area contributed by atoms with Gasteiger partial charge >= 0.3 is 355 Å². The Morgan fingerprint density at radius 3 is 1.41 bits per heavy atom. The molecule has 0 aliphatic heterocycles. The van der Waals surface area contributed by atoms with Crippen LogP contribution in [0.3, 0.4) is 0 Å². The van der Waals surface area contributed by atoms with Crippen molar-refractivity contribution in [1.82, 2.24) is 4.86 Å². The summed E-state index contributed by atoms with van der Waals surface area (Å²) in [5.41, 5.74) is 6.64. The Morgan fingerprint density at radius 2 is 0.915 bits per heavy atom. The standard InChI is InChI=1S/C48H57N2O6P3/c1-4-7-37-51-57(54-46-31-25-43(26-32-46)40-19-13-10-14-20-40)49-59(53-39-9-6-3,56-48-35-29-45(30-36-48)42-23-17-12-18-24-42)50-58(52-38-8-5-2)55-47-33-27-44(28-34-47)41-21-15-11-16-22-41/h10-36,49,58-59H,4-9,37-39H2,1-3H3. The van der Waals surface area contributed by atoms with Crippen molar-refractivity contribution in [1.29, 1.82) is 0 Å². The van der Waals surface area contributed by atoms with E-state index < -0.39 is 24.7 Å². The average Bonchev–Trinajstić information content (AvgIpc) is 3.28. The normalized spacial score (nSPS) is 12.8. The number of nitrogens with one attached hydrogen (secondary N) is 1. The van der Waals surface area contributed by atoms with Gasteiger partial charge in [0.05, 0.1) is 0 Å². The van der Waals surface area contributed by atoms with Crippen molar-refractivity contribution in [3.05, 3.63) is 164 Å². The van der Waals surface area contributed by atoms with Gasteiger partial charge in [-0.2, -0.15) is 0 Å². The van der Waals surface area contributed by atoms with Crippen LogP contribution in [0.25, 0.3) is 33.4 Å². The fraction of sp³-hybridized carbons (Fsp3) is 0.250. The van der Waals surface area contributed by atoms with E-state index in [2.05, 4.69) is 98.4 Å². The van der Waals surface area contributed by atoms with Gasteiger partial charge in [-0.25, -0.2) is 0 Å². The van der Waals surface area contributed by atoms with Gasteiger partial charge in [-0.05, 0) is 0 Å². The third-order valence-corrected chi connectivity index (χ3v) is 15.8. The van der Waals surface area contributed by atoms with Crippen LogP contribution >= 0.6 is 24.7 Å². The SMILES string of the molecule is CCCCOP(N[PH](N=[PH](OCCCC)Oc1ccc(-c2ccccc2)cc1)(OCCCC)Oc1ccc(-c2ccccc2)cc1)Oc1ccc(-c2ccccc2)cc1. The maximum atomic E-state index is 7.00. The molecule has 0 saturated carbocycles. The van der Waals surface area contributed by atoms with E-state index in [4.69, 9.17) is 31.7 Å². The van der Waals surface area contributed by atoms with Gasteiger partial charge in [0.2, 0.25) is 0 Å². The van der Waals surface area contributed by atoms with Crippen LogP contribution in [0.2, 0.25) is 0 Å². The fourth-order valence-corrected chi connectivity index (χ4v) is 12.5. The summed E-state index contributed by atoms with van der Waals surface area (Å²) < 4.78 is 45.5. The molecule has 2 atom stereocenters. The zero-order valence-electron chi connectivity index (χ0n) is 34.3. The molecule has 2 unspecified atom stereocenters. The van der Waals surface area contributed by atoms with Gasteiger partial charge in [-0.15, -0.1) is 0 Å². The summed E-state index contributed by atoms with van der Waals surface area (Å²) in [7, 11) is -8.14. The Morgan fingerprint density at radius 1 is 0.492 bits per heavy atom. The van der Waals surface area contributed by atoms with Crippen molar-refractivity contribution in [3.63, 3.8) is 0 Å². The number of rotatable bonds is 24. The van der Waals surface area contributed by atoms with Gasteiger partial charge in [0.15, 0.2) is 0 Å². The Kier molecular flexibility index (Phi) is 18.0. The topological polar surface area (TPSA) is 79.8 Å². The molecule has 0 saturated heterocycles. The summed E-state index contributed by atoms with van der Waals surface area (Å²) in [4.78, 5) is 3.63. The van der Waals surface area contributed by atoms with Crippen molar-refractivity contribution in [2.45, 2.75) is 59.3 Å². The zero-order valence-corrected chi connectivity index (χ0v) is 37.2. The Bertz CT molecular complexity index is 2110. The van der Waals surface area contributed by atoms with Crippen LogP contribution in [0.5, 0.6) is 17.2 Å². The maximum absolute atomic E-state index is 7.00. The quantitative estimate of drug-likeness (QED) is 0.0480. The Balaban J connectivity index is 1.38. The predicted octanol–water partition coefficient (Wildman–Crippen LogP) is 15.1. The summed E-state index contributed by atoms with van der Waals surface area (Å²) in [6.45, 7) is 7.77. The molecule has 0 bridgehead atoms. The van der Waals surface area contributed by atoms with Crippen molar-refractivity contribution in [2.75, 3.05) is 19.8 Å². The van der Waals surface area contributed by atoms with Gasteiger partial charge in [-0.3, -0.25) is 0 Å². The molecule has 11 heteroatoms. The second-order valence-electron chi connectivity index (χ2n) is 13.9. The molecule has 1 N–H and O–H groups in total. The van der Waals surface area contributed by atoms with E-state index in [0.717, 1.165) is 71.9 Å². The first-order chi connectivity index (χ1) is 29.1. The summed E-state index contributed by atoms with van der Waals surface area (Å²) in [5, 5.41) is 0. The first-order valence-electron chi connectivity index (χ1n) is 20.6. The summed E-state index contributed by atoms with van der Waals surface area (Å²) in [6.07, 6.45) is 5.38. The molecule has 0 fully saturated rings. The number of hydrogen-bond acceptors (Lipinski definition) is 8. The van der Waals surface area contributed by atoms with E-state index in [1.165, 1.54) is 0 Å². The van der Waals surface area contributed by atoms with E-state index >= 15 is 0 Å². The van der Waals surface area contributed by atoms with Gasteiger partial charge in [-0.1, -0.05) is 0 Å². The molecule has 0 aromatic heterocycles. The van der Waals surface area contributed by atoms with E-state index in [1.807, 2.05) is 91.0 Å². The first kappa shape index (κ1) is 44.2. The van der Waals surface area contributed by atoms with Crippen LogP contribution in [0.1, 0.15) is 59.3 Å². The molecule has 59 heavy (non-hydrogen) atoms. The Hall–Kier alpha value is -4.35. The van der Waals surface area contributed by atoms with Gasteiger partial charge in [0.25, 0.3) is 0 Å². The van der Waals surface area contributed by atoms with Crippen molar-refractivity contribution < 1.29 is 27.1 Å². The molecular formula is C48H57N2O6P3. The van der Waals surface area contributed by atoms with E-state index in [-0.39, 0.29) is 0 Å². The van der Waals surface area contributed by atoms with E-state index in [9.17, 15) is 0 Å². The number of nitrogens with zero attached hydrogens (tertiary/aromatic N) is 1. The van der Waals surface area contributed by atoms with Crippen molar-refractivity contribution in [2.24, 2.45) is 4.52 Å². The van der Waals surface area contributed by atoms with Crippen molar-refractivity contribution in [3.8, 4) is 50.6 Å². The van der Waals surface area contributed by atoms with Crippen molar-refractivity contribution >= 4 is 24.7 Å². The average molecular weight is 851 g/mol. The monoisotopic (exact) mass is 850 g/mol. The first-order valence-corrected chi connectivity index (χ1v) is 24.9.